The number of alkyl halides is 3. The van der Waals surface area contributed by atoms with E-state index in [1.54, 1.807) is 17.8 Å². The molecular weight excluding hydrogens is 337 g/mol. The third-order valence-corrected chi connectivity index (χ3v) is 4.07. The summed E-state index contributed by atoms with van der Waals surface area (Å²) in [7, 11) is 0. The number of hydrogen-bond acceptors (Lipinski definition) is 5. The summed E-state index contributed by atoms with van der Waals surface area (Å²) in [6.07, 6.45) is -1.86. The summed E-state index contributed by atoms with van der Waals surface area (Å²) in [5.74, 6) is 0.0593. The topological polar surface area (TPSA) is 49.8 Å². The Kier molecular flexibility index (Phi) is 5.93. The second-order valence-corrected chi connectivity index (χ2v) is 6.15. The molecule has 0 saturated heterocycles. The fourth-order valence-electron chi connectivity index (χ4n) is 1.89. The first-order valence-electron chi connectivity index (χ1n) is 7.45. The third kappa shape index (κ3) is 5.02. The number of nitrogens with one attached hydrogen (secondary N) is 2. The number of thioether (sulfide) groups is 1. The molecule has 0 aliphatic heterocycles. The molecule has 1 aromatic heterocycles. The van der Waals surface area contributed by atoms with Gasteiger partial charge in [0.2, 0.25) is 5.95 Å². The minimum atomic E-state index is -4.54. The Labute approximate surface area is 143 Å². The SMILES string of the molecule is CC[C@H](C)Nc1nc(Nc2cccc(SC)c2)cc(C(F)(F)F)n1. The normalized spacial score (nSPS) is 12.8. The van der Waals surface area contributed by atoms with E-state index >= 15 is 0 Å². The largest absolute Gasteiger partial charge is 0.433 e. The molecule has 0 aliphatic carbocycles. The van der Waals surface area contributed by atoms with Crippen LogP contribution in [0.15, 0.2) is 35.2 Å². The first kappa shape index (κ1) is 18.4. The van der Waals surface area contributed by atoms with Gasteiger partial charge in [0.05, 0.1) is 0 Å². The van der Waals surface area contributed by atoms with E-state index in [9.17, 15) is 13.2 Å². The van der Waals surface area contributed by atoms with E-state index in [1.165, 1.54) is 0 Å². The highest BCUT2D eigenvalue weighted by molar-refractivity contribution is 7.98. The van der Waals surface area contributed by atoms with Gasteiger partial charge in [-0.15, -0.1) is 11.8 Å². The second kappa shape index (κ2) is 7.74. The maximum atomic E-state index is 13.1. The highest BCUT2D eigenvalue weighted by Gasteiger charge is 2.33. The van der Waals surface area contributed by atoms with Gasteiger partial charge in [-0.25, -0.2) is 4.98 Å². The van der Waals surface area contributed by atoms with Gasteiger partial charge >= 0.3 is 6.18 Å². The minimum absolute atomic E-state index is 0.0267. The van der Waals surface area contributed by atoms with Crippen molar-refractivity contribution in [1.82, 2.24) is 9.97 Å². The molecular formula is C16H19F3N4S. The van der Waals surface area contributed by atoms with Gasteiger partial charge < -0.3 is 10.6 Å². The average molecular weight is 356 g/mol. The summed E-state index contributed by atoms with van der Waals surface area (Å²) in [6, 6.07) is 8.26. The molecule has 0 aliphatic rings. The highest BCUT2D eigenvalue weighted by atomic mass is 32.2. The zero-order chi connectivity index (χ0) is 17.7. The standard InChI is InChI=1S/C16H19F3N4S/c1-4-10(2)20-15-22-13(16(17,18)19)9-14(23-15)21-11-6-5-7-12(8-11)24-3/h5-10H,4H2,1-3H3,(H2,20,21,22,23)/t10-/m0/s1. The molecule has 2 aromatic rings. The van der Waals surface area contributed by atoms with Crippen LogP contribution in [-0.2, 0) is 6.18 Å². The van der Waals surface area contributed by atoms with Crippen LogP contribution < -0.4 is 10.6 Å². The van der Waals surface area contributed by atoms with Crippen LogP contribution in [0.25, 0.3) is 0 Å². The van der Waals surface area contributed by atoms with E-state index in [4.69, 9.17) is 0 Å². The zero-order valence-electron chi connectivity index (χ0n) is 13.6. The fourth-order valence-corrected chi connectivity index (χ4v) is 2.35. The van der Waals surface area contributed by atoms with Crippen molar-refractivity contribution in [1.29, 1.82) is 0 Å². The lowest BCUT2D eigenvalue weighted by atomic mass is 10.3. The van der Waals surface area contributed by atoms with Gasteiger partial charge in [0.1, 0.15) is 5.82 Å². The molecule has 1 atom stereocenters. The summed E-state index contributed by atoms with van der Waals surface area (Å²) in [6.45, 7) is 3.79. The highest BCUT2D eigenvalue weighted by Crippen LogP contribution is 2.31. The van der Waals surface area contributed by atoms with Crippen LogP contribution in [-0.4, -0.2) is 22.3 Å². The van der Waals surface area contributed by atoms with Gasteiger partial charge in [0.25, 0.3) is 0 Å². The number of anilines is 3. The van der Waals surface area contributed by atoms with Crippen molar-refractivity contribution in [3.05, 3.63) is 36.0 Å². The monoisotopic (exact) mass is 356 g/mol. The van der Waals surface area contributed by atoms with Gasteiger partial charge in [0, 0.05) is 22.7 Å². The van der Waals surface area contributed by atoms with Crippen LogP contribution in [0, 0.1) is 0 Å². The number of halogens is 3. The van der Waals surface area contributed by atoms with Crippen LogP contribution in [0.2, 0.25) is 0 Å². The Bertz CT molecular complexity index is 691. The average Bonchev–Trinajstić information content (AvgIpc) is 2.53. The van der Waals surface area contributed by atoms with Crippen LogP contribution in [0.5, 0.6) is 0 Å². The van der Waals surface area contributed by atoms with Crippen molar-refractivity contribution < 1.29 is 13.2 Å². The van der Waals surface area contributed by atoms with Crippen LogP contribution in [0.3, 0.4) is 0 Å². The maximum Gasteiger partial charge on any atom is 0.433 e. The van der Waals surface area contributed by atoms with Crippen LogP contribution >= 0.6 is 11.8 Å². The zero-order valence-corrected chi connectivity index (χ0v) is 14.4. The van der Waals surface area contributed by atoms with Gasteiger partial charge in [-0.3, -0.25) is 0 Å². The first-order valence-corrected chi connectivity index (χ1v) is 8.68. The molecule has 0 saturated carbocycles. The van der Waals surface area contributed by atoms with E-state index in [0.29, 0.717) is 5.69 Å². The molecule has 2 N–H and O–H groups in total. The Balaban J connectivity index is 2.34. The quantitative estimate of drug-likeness (QED) is 0.699. The lowest BCUT2D eigenvalue weighted by Gasteiger charge is -2.15. The van der Waals surface area contributed by atoms with Crippen molar-refractivity contribution in [2.24, 2.45) is 0 Å². The molecule has 1 heterocycles. The Morgan fingerprint density at radius 3 is 2.58 bits per heavy atom. The number of aromatic nitrogens is 2. The molecule has 0 radical (unpaired) electrons. The number of hydrogen-bond donors (Lipinski definition) is 2. The van der Waals surface area contributed by atoms with Gasteiger partial charge in [-0.1, -0.05) is 13.0 Å². The summed E-state index contributed by atoms with van der Waals surface area (Å²) in [5.41, 5.74) is -0.310. The Morgan fingerprint density at radius 2 is 1.96 bits per heavy atom. The lowest BCUT2D eigenvalue weighted by molar-refractivity contribution is -0.141. The van der Waals surface area contributed by atoms with E-state index in [2.05, 4.69) is 20.6 Å². The van der Waals surface area contributed by atoms with Crippen LogP contribution in [0.4, 0.5) is 30.6 Å². The van der Waals surface area contributed by atoms with Gasteiger partial charge in [0.15, 0.2) is 5.69 Å². The van der Waals surface area contributed by atoms with Gasteiger partial charge in [-0.2, -0.15) is 18.2 Å². The Hall–Kier alpha value is -1.96. The molecule has 8 heteroatoms. The van der Waals surface area contributed by atoms with Crippen molar-refractivity contribution in [3.8, 4) is 0 Å². The van der Waals surface area contributed by atoms with E-state index < -0.39 is 11.9 Å². The molecule has 2 rings (SSSR count). The molecule has 24 heavy (non-hydrogen) atoms. The third-order valence-electron chi connectivity index (χ3n) is 3.35. The predicted molar refractivity (Wildman–Crippen MR) is 91.9 cm³/mol. The molecule has 130 valence electrons. The molecule has 0 spiro atoms. The molecule has 0 fully saturated rings. The van der Waals surface area contributed by atoms with Crippen molar-refractivity contribution in [3.63, 3.8) is 0 Å². The smallest absolute Gasteiger partial charge is 0.352 e. The first-order chi connectivity index (χ1) is 11.3. The maximum absolute atomic E-state index is 13.1. The second-order valence-electron chi connectivity index (χ2n) is 5.27. The summed E-state index contributed by atoms with van der Waals surface area (Å²) in [4.78, 5) is 8.72. The van der Waals surface area contributed by atoms with Gasteiger partial charge in [-0.05, 0) is 37.8 Å². The molecule has 4 nitrogen and oxygen atoms in total. The Morgan fingerprint density at radius 1 is 1.21 bits per heavy atom. The van der Waals surface area contributed by atoms with Crippen molar-refractivity contribution in [2.45, 2.75) is 37.4 Å². The lowest BCUT2D eigenvalue weighted by Crippen LogP contribution is -2.18. The number of nitrogens with zero attached hydrogens (tertiary/aromatic N) is 2. The summed E-state index contributed by atoms with van der Waals surface area (Å²) >= 11 is 1.55. The van der Waals surface area contributed by atoms with Crippen molar-refractivity contribution >= 4 is 29.2 Å². The minimum Gasteiger partial charge on any atom is -0.352 e. The van der Waals surface area contributed by atoms with E-state index in [1.807, 2.05) is 38.3 Å². The van der Waals surface area contributed by atoms with Crippen LogP contribution in [0.1, 0.15) is 26.0 Å². The fraction of sp³-hybridized carbons (Fsp3) is 0.375. The predicted octanol–water partition coefficient (Wildman–Crippen LogP) is 5.17. The number of benzene rings is 1. The molecule has 0 amide bonds. The van der Waals surface area contributed by atoms with E-state index in [-0.39, 0.29) is 17.8 Å². The molecule has 1 aromatic carbocycles. The summed E-state index contributed by atoms with van der Waals surface area (Å²) in [5, 5.41) is 5.80. The number of rotatable bonds is 6. The van der Waals surface area contributed by atoms with Crippen molar-refractivity contribution in [2.75, 3.05) is 16.9 Å². The van der Waals surface area contributed by atoms with E-state index in [0.717, 1.165) is 17.4 Å². The summed E-state index contributed by atoms with van der Waals surface area (Å²) < 4.78 is 39.2. The molecule has 0 unspecified atom stereocenters. The molecule has 0 bridgehead atoms.